The second-order valence-electron chi connectivity index (χ2n) is 4.95. The van der Waals surface area contributed by atoms with Crippen molar-refractivity contribution in [2.75, 3.05) is 11.8 Å². The van der Waals surface area contributed by atoms with Crippen LogP contribution in [0.5, 0.6) is 0 Å². The Morgan fingerprint density at radius 2 is 1.79 bits per heavy atom. The van der Waals surface area contributed by atoms with Crippen LogP contribution in [0, 0.1) is 12.3 Å². The van der Waals surface area contributed by atoms with Crippen LogP contribution in [0.15, 0.2) is 36.5 Å². The van der Waals surface area contributed by atoms with Crippen molar-refractivity contribution in [2.24, 2.45) is 5.41 Å². The van der Waals surface area contributed by atoms with E-state index < -0.39 is 0 Å². The zero-order valence-electron chi connectivity index (χ0n) is 10.9. The highest BCUT2D eigenvalue weighted by Crippen LogP contribution is 2.32. The fourth-order valence-electron chi connectivity index (χ4n) is 2.17. The van der Waals surface area contributed by atoms with E-state index in [-0.39, 0.29) is 5.41 Å². The van der Waals surface area contributed by atoms with E-state index >= 15 is 0 Å². The fourth-order valence-corrected chi connectivity index (χ4v) is 3.81. The average Bonchev–Trinajstić information content (AvgIpc) is 2.84. The summed E-state index contributed by atoms with van der Waals surface area (Å²) >= 11 is 14.2. The van der Waals surface area contributed by atoms with Gasteiger partial charge in [-0.2, -0.15) is 0 Å². The first kappa shape index (κ1) is 14.8. The number of hydrogen-bond acceptors (Lipinski definition) is 2. The van der Waals surface area contributed by atoms with Crippen LogP contribution in [0.2, 0.25) is 0 Å². The minimum Gasteiger partial charge on any atom is -0.250 e. The maximum atomic E-state index is 6.23. The van der Waals surface area contributed by atoms with Gasteiger partial charge in [-0.25, -0.2) is 4.98 Å². The standard InChI is InChI=1S/C15H17Cl2NS/c1-12-18-9-14(19-12)8-15(10-16,11-17)7-13-5-3-2-4-6-13/h2-6,9H,7-8,10-11H2,1H3. The van der Waals surface area contributed by atoms with Crippen molar-refractivity contribution in [2.45, 2.75) is 19.8 Å². The Labute approximate surface area is 128 Å². The van der Waals surface area contributed by atoms with Gasteiger partial charge in [0.05, 0.1) is 5.01 Å². The van der Waals surface area contributed by atoms with Crippen LogP contribution in [-0.2, 0) is 12.8 Å². The van der Waals surface area contributed by atoms with Crippen molar-refractivity contribution in [1.82, 2.24) is 4.98 Å². The highest BCUT2D eigenvalue weighted by Gasteiger charge is 2.30. The lowest BCUT2D eigenvalue weighted by Gasteiger charge is -2.29. The molecule has 0 radical (unpaired) electrons. The van der Waals surface area contributed by atoms with Crippen molar-refractivity contribution in [3.63, 3.8) is 0 Å². The van der Waals surface area contributed by atoms with Crippen LogP contribution in [-0.4, -0.2) is 16.7 Å². The Balaban J connectivity index is 2.17. The Bertz CT molecular complexity index is 506. The number of alkyl halides is 2. The quantitative estimate of drug-likeness (QED) is 0.704. The second kappa shape index (κ2) is 6.74. The summed E-state index contributed by atoms with van der Waals surface area (Å²) in [5.41, 5.74) is 1.19. The first-order chi connectivity index (χ1) is 9.17. The van der Waals surface area contributed by atoms with E-state index in [4.69, 9.17) is 23.2 Å². The molecule has 0 atom stereocenters. The van der Waals surface area contributed by atoms with E-state index in [1.54, 1.807) is 11.3 Å². The predicted octanol–water partition coefficient (Wildman–Crippen LogP) is 4.70. The molecule has 19 heavy (non-hydrogen) atoms. The van der Waals surface area contributed by atoms with Crippen molar-refractivity contribution in [3.05, 3.63) is 52.0 Å². The van der Waals surface area contributed by atoms with Gasteiger partial charge in [0.15, 0.2) is 0 Å². The lowest BCUT2D eigenvalue weighted by Crippen LogP contribution is -2.30. The van der Waals surface area contributed by atoms with Crippen LogP contribution in [0.3, 0.4) is 0 Å². The lowest BCUT2D eigenvalue weighted by molar-refractivity contribution is 0.376. The molecule has 0 unspecified atom stereocenters. The van der Waals surface area contributed by atoms with Crippen molar-refractivity contribution < 1.29 is 0 Å². The molecule has 2 rings (SSSR count). The van der Waals surface area contributed by atoms with Gasteiger partial charge in [0.1, 0.15) is 0 Å². The third kappa shape index (κ3) is 3.95. The summed E-state index contributed by atoms with van der Waals surface area (Å²) in [4.78, 5) is 5.57. The number of halogens is 2. The smallest absolute Gasteiger partial charge is 0.0896 e. The lowest BCUT2D eigenvalue weighted by atomic mass is 9.82. The number of aromatic nitrogens is 1. The first-order valence-corrected chi connectivity index (χ1v) is 8.13. The normalized spacial score (nSPS) is 11.7. The summed E-state index contributed by atoms with van der Waals surface area (Å²) in [5, 5.41) is 1.09. The zero-order valence-corrected chi connectivity index (χ0v) is 13.2. The molecule has 1 heterocycles. The van der Waals surface area contributed by atoms with E-state index in [0.29, 0.717) is 11.8 Å². The number of thiazole rings is 1. The maximum absolute atomic E-state index is 6.23. The molecular formula is C15H17Cl2NS. The predicted molar refractivity (Wildman–Crippen MR) is 84.6 cm³/mol. The summed E-state index contributed by atoms with van der Waals surface area (Å²) in [6, 6.07) is 10.4. The van der Waals surface area contributed by atoms with E-state index in [0.717, 1.165) is 17.8 Å². The van der Waals surface area contributed by atoms with Crippen LogP contribution in [0.25, 0.3) is 0 Å². The maximum Gasteiger partial charge on any atom is 0.0896 e. The third-order valence-corrected chi connectivity index (χ3v) is 5.25. The van der Waals surface area contributed by atoms with E-state index in [1.165, 1.54) is 10.4 Å². The van der Waals surface area contributed by atoms with Crippen LogP contribution in [0.4, 0.5) is 0 Å². The summed E-state index contributed by atoms with van der Waals surface area (Å²) in [7, 11) is 0. The van der Waals surface area contributed by atoms with Gasteiger partial charge < -0.3 is 0 Å². The fraction of sp³-hybridized carbons (Fsp3) is 0.400. The molecule has 2 aromatic rings. The van der Waals surface area contributed by atoms with Crippen molar-refractivity contribution in [1.29, 1.82) is 0 Å². The summed E-state index contributed by atoms with van der Waals surface area (Å²) < 4.78 is 0. The van der Waals surface area contributed by atoms with Crippen LogP contribution in [0.1, 0.15) is 15.4 Å². The van der Waals surface area contributed by atoms with Crippen LogP contribution < -0.4 is 0 Å². The minimum atomic E-state index is -0.0938. The Morgan fingerprint density at radius 1 is 1.11 bits per heavy atom. The number of nitrogens with zero attached hydrogens (tertiary/aromatic N) is 1. The van der Waals surface area contributed by atoms with E-state index in [2.05, 4.69) is 29.2 Å². The number of rotatable bonds is 6. The van der Waals surface area contributed by atoms with Gasteiger partial charge in [0.25, 0.3) is 0 Å². The van der Waals surface area contributed by atoms with Gasteiger partial charge in [0, 0.05) is 28.2 Å². The molecule has 0 aliphatic rings. The van der Waals surface area contributed by atoms with Crippen molar-refractivity contribution >= 4 is 34.5 Å². The topological polar surface area (TPSA) is 12.9 Å². The third-order valence-electron chi connectivity index (χ3n) is 3.21. The molecule has 1 aromatic carbocycles. The van der Waals surface area contributed by atoms with Gasteiger partial charge in [0.2, 0.25) is 0 Å². The van der Waals surface area contributed by atoms with Gasteiger partial charge in [-0.15, -0.1) is 34.5 Å². The molecule has 0 saturated heterocycles. The molecule has 0 N–H and O–H groups in total. The monoisotopic (exact) mass is 313 g/mol. The minimum absolute atomic E-state index is 0.0938. The summed E-state index contributed by atoms with van der Waals surface area (Å²) in [6.07, 6.45) is 3.73. The number of benzene rings is 1. The molecular weight excluding hydrogens is 297 g/mol. The molecule has 1 nitrogen and oxygen atoms in total. The average molecular weight is 314 g/mol. The zero-order chi connectivity index (χ0) is 13.7. The van der Waals surface area contributed by atoms with Gasteiger partial charge >= 0.3 is 0 Å². The van der Waals surface area contributed by atoms with Crippen molar-refractivity contribution in [3.8, 4) is 0 Å². The molecule has 4 heteroatoms. The molecule has 0 amide bonds. The summed E-state index contributed by atoms with van der Waals surface area (Å²) in [5.74, 6) is 1.12. The Hall–Kier alpha value is -0.570. The Kier molecular flexibility index (Phi) is 5.26. The van der Waals surface area contributed by atoms with Gasteiger partial charge in [-0.1, -0.05) is 30.3 Å². The SMILES string of the molecule is Cc1ncc(CC(CCl)(CCl)Cc2ccccc2)s1. The van der Waals surface area contributed by atoms with Gasteiger partial charge in [-0.05, 0) is 25.3 Å². The molecule has 0 aliphatic carbocycles. The number of hydrogen-bond donors (Lipinski definition) is 0. The van der Waals surface area contributed by atoms with Crippen LogP contribution >= 0.6 is 34.5 Å². The highest BCUT2D eigenvalue weighted by atomic mass is 35.5. The second-order valence-corrected chi connectivity index (χ2v) is 6.81. The molecule has 0 spiro atoms. The Morgan fingerprint density at radius 3 is 2.32 bits per heavy atom. The summed E-state index contributed by atoms with van der Waals surface area (Å²) in [6.45, 7) is 2.02. The highest BCUT2D eigenvalue weighted by molar-refractivity contribution is 7.11. The molecule has 102 valence electrons. The van der Waals surface area contributed by atoms with E-state index in [9.17, 15) is 0 Å². The van der Waals surface area contributed by atoms with Gasteiger partial charge in [-0.3, -0.25) is 0 Å². The molecule has 0 bridgehead atoms. The molecule has 0 fully saturated rings. The molecule has 1 aromatic heterocycles. The molecule has 0 aliphatic heterocycles. The van der Waals surface area contributed by atoms with E-state index in [1.807, 2.05) is 19.2 Å². The molecule has 0 saturated carbocycles. The largest absolute Gasteiger partial charge is 0.250 e. The first-order valence-electron chi connectivity index (χ1n) is 6.25. The number of aryl methyl sites for hydroxylation is 1.